The monoisotopic (exact) mass is 331 g/mol. The van der Waals surface area contributed by atoms with Crippen molar-refractivity contribution in [2.75, 3.05) is 0 Å². The molecule has 0 amide bonds. The second-order valence-corrected chi connectivity index (χ2v) is 4.96. The van der Waals surface area contributed by atoms with E-state index in [0.717, 1.165) is 5.56 Å². The van der Waals surface area contributed by atoms with E-state index in [1.807, 2.05) is 30.3 Å². The predicted octanol–water partition coefficient (Wildman–Crippen LogP) is 3.88. The Morgan fingerprint density at radius 2 is 1.96 bits per heavy atom. The maximum Gasteiger partial charge on any atom is 0.312 e. The van der Waals surface area contributed by atoms with E-state index < -0.39 is 4.92 Å². The normalized spacial score (nSPS) is 10.5. The lowest BCUT2D eigenvalue weighted by molar-refractivity contribution is -0.385. The smallest absolute Gasteiger partial charge is 0.312 e. The zero-order valence-corrected chi connectivity index (χ0v) is 12.4. The van der Waals surface area contributed by atoms with Gasteiger partial charge in [0.2, 0.25) is 5.89 Å². The lowest BCUT2D eigenvalue weighted by Crippen LogP contribution is -1.99. The summed E-state index contributed by atoms with van der Waals surface area (Å²) in [5.41, 5.74) is 0.559. The molecular weight excluding hydrogens is 322 g/mol. The van der Waals surface area contributed by atoms with Crippen LogP contribution in [0.4, 0.5) is 5.69 Å². The summed E-state index contributed by atoms with van der Waals surface area (Å²) in [6.07, 6.45) is 0. The topological polar surface area (TPSA) is 91.3 Å². The Morgan fingerprint density at radius 3 is 2.70 bits per heavy atom. The Balaban J connectivity index is 1.75. The lowest BCUT2D eigenvalue weighted by atomic mass is 10.2. The molecular formula is C15H10ClN3O4. The van der Waals surface area contributed by atoms with Crippen molar-refractivity contribution in [2.45, 2.75) is 6.61 Å². The van der Waals surface area contributed by atoms with Gasteiger partial charge in [-0.15, -0.1) is 10.2 Å². The highest BCUT2D eigenvalue weighted by Gasteiger charge is 2.17. The zero-order chi connectivity index (χ0) is 16.2. The predicted molar refractivity (Wildman–Crippen MR) is 82.2 cm³/mol. The highest BCUT2D eigenvalue weighted by Crippen LogP contribution is 2.30. The number of nitro groups is 1. The van der Waals surface area contributed by atoms with Gasteiger partial charge in [-0.1, -0.05) is 29.8 Å². The average Bonchev–Trinajstić information content (AvgIpc) is 3.03. The van der Waals surface area contributed by atoms with Crippen LogP contribution in [0.3, 0.4) is 0 Å². The SMILES string of the molecule is O=[N+]([O-])c1cc(Cl)ccc1OCc1nnc(-c2ccccc2)o1. The van der Waals surface area contributed by atoms with Crippen molar-refractivity contribution in [3.63, 3.8) is 0 Å². The molecule has 0 unspecified atom stereocenters. The van der Waals surface area contributed by atoms with Crippen LogP contribution < -0.4 is 4.74 Å². The summed E-state index contributed by atoms with van der Waals surface area (Å²) in [5.74, 6) is 0.654. The maximum atomic E-state index is 11.0. The largest absolute Gasteiger partial charge is 0.477 e. The van der Waals surface area contributed by atoms with Crippen molar-refractivity contribution in [2.24, 2.45) is 0 Å². The molecule has 0 aliphatic heterocycles. The van der Waals surface area contributed by atoms with Crippen LogP contribution in [0.25, 0.3) is 11.5 Å². The number of hydrogen-bond donors (Lipinski definition) is 0. The van der Waals surface area contributed by atoms with Crippen LogP contribution in [0.5, 0.6) is 5.75 Å². The van der Waals surface area contributed by atoms with Gasteiger partial charge in [0.1, 0.15) is 0 Å². The fraction of sp³-hybridized carbons (Fsp3) is 0.0667. The first-order valence-corrected chi connectivity index (χ1v) is 6.96. The summed E-state index contributed by atoms with van der Waals surface area (Å²) in [6.45, 7) is -0.0810. The molecule has 0 radical (unpaired) electrons. The Bertz CT molecular complexity index is 836. The highest BCUT2D eigenvalue weighted by atomic mass is 35.5. The van der Waals surface area contributed by atoms with Gasteiger partial charge >= 0.3 is 5.69 Å². The first-order chi connectivity index (χ1) is 11.1. The molecule has 0 saturated heterocycles. The van der Waals surface area contributed by atoms with Crippen LogP contribution in [0.2, 0.25) is 5.02 Å². The number of aromatic nitrogens is 2. The van der Waals surface area contributed by atoms with Crippen molar-refractivity contribution in [1.29, 1.82) is 0 Å². The molecule has 8 heteroatoms. The van der Waals surface area contributed by atoms with Gasteiger partial charge in [-0.25, -0.2) is 0 Å². The number of nitro benzene ring substituents is 1. The third-order valence-electron chi connectivity index (χ3n) is 2.96. The number of halogens is 1. The van der Waals surface area contributed by atoms with E-state index in [-0.39, 0.29) is 29.0 Å². The quantitative estimate of drug-likeness (QED) is 0.520. The molecule has 3 rings (SSSR count). The van der Waals surface area contributed by atoms with Crippen LogP contribution in [0, 0.1) is 10.1 Å². The van der Waals surface area contributed by atoms with Gasteiger partial charge in [0.15, 0.2) is 12.4 Å². The Kier molecular flexibility index (Phi) is 4.20. The standard InChI is InChI=1S/C15H10ClN3O4/c16-11-6-7-13(12(8-11)19(20)21)22-9-14-17-18-15(23-14)10-4-2-1-3-5-10/h1-8H,9H2. The Hall–Kier alpha value is -2.93. The van der Waals surface area contributed by atoms with Crippen LogP contribution in [0.1, 0.15) is 5.89 Å². The zero-order valence-electron chi connectivity index (χ0n) is 11.7. The number of nitrogens with zero attached hydrogens (tertiary/aromatic N) is 3. The summed E-state index contributed by atoms with van der Waals surface area (Å²) < 4.78 is 10.9. The summed E-state index contributed by atoms with van der Waals surface area (Å²) in [6, 6.07) is 13.4. The average molecular weight is 332 g/mol. The number of rotatable bonds is 5. The van der Waals surface area contributed by atoms with E-state index >= 15 is 0 Å². The molecule has 0 fully saturated rings. The van der Waals surface area contributed by atoms with Gasteiger partial charge < -0.3 is 9.15 Å². The first-order valence-electron chi connectivity index (χ1n) is 6.58. The van der Waals surface area contributed by atoms with Gasteiger partial charge in [0.25, 0.3) is 5.89 Å². The van der Waals surface area contributed by atoms with Crippen molar-refractivity contribution in [3.05, 3.63) is 69.6 Å². The summed E-state index contributed by atoms with van der Waals surface area (Å²) in [4.78, 5) is 10.4. The third-order valence-corrected chi connectivity index (χ3v) is 3.19. The minimum atomic E-state index is -0.565. The second kappa shape index (κ2) is 6.45. The molecule has 0 N–H and O–H groups in total. The highest BCUT2D eigenvalue weighted by molar-refractivity contribution is 6.30. The van der Waals surface area contributed by atoms with Crippen molar-refractivity contribution in [3.8, 4) is 17.2 Å². The van der Waals surface area contributed by atoms with E-state index in [9.17, 15) is 10.1 Å². The Labute approximate surface area is 135 Å². The van der Waals surface area contributed by atoms with E-state index in [4.69, 9.17) is 20.8 Å². The fourth-order valence-corrected chi connectivity index (χ4v) is 2.07. The van der Waals surface area contributed by atoms with E-state index in [2.05, 4.69) is 10.2 Å². The van der Waals surface area contributed by atoms with Gasteiger partial charge in [0, 0.05) is 16.7 Å². The number of hydrogen-bond acceptors (Lipinski definition) is 6. The molecule has 7 nitrogen and oxygen atoms in total. The molecule has 2 aromatic carbocycles. The summed E-state index contributed by atoms with van der Waals surface area (Å²) >= 11 is 5.75. The molecule has 3 aromatic rings. The molecule has 0 atom stereocenters. The van der Waals surface area contributed by atoms with Crippen LogP contribution >= 0.6 is 11.6 Å². The lowest BCUT2D eigenvalue weighted by Gasteiger charge is -2.04. The third kappa shape index (κ3) is 3.46. The van der Waals surface area contributed by atoms with Crippen molar-refractivity contribution in [1.82, 2.24) is 10.2 Å². The maximum absolute atomic E-state index is 11.0. The Morgan fingerprint density at radius 1 is 1.17 bits per heavy atom. The van der Waals surface area contributed by atoms with Crippen molar-refractivity contribution < 1.29 is 14.1 Å². The number of benzene rings is 2. The molecule has 0 aliphatic carbocycles. The molecule has 1 heterocycles. The van der Waals surface area contributed by atoms with Gasteiger partial charge in [-0.3, -0.25) is 10.1 Å². The molecule has 1 aromatic heterocycles. The van der Waals surface area contributed by atoms with Gasteiger partial charge in [0.05, 0.1) is 4.92 Å². The van der Waals surface area contributed by atoms with E-state index in [1.54, 1.807) is 0 Å². The first kappa shape index (κ1) is 15.0. The molecule has 23 heavy (non-hydrogen) atoms. The van der Waals surface area contributed by atoms with Gasteiger partial charge in [-0.05, 0) is 24.3 Å². The van der Waals surface area contributed by atoms with E-state index in [1.165, 1.54) is 18.2 Å². The van der Waals surface area contributed by atoms with E-state index in [0.29, 0.717) is 5.89 Å². The molecule has 0 bridgehead atoms. The molecule has 0 aliphatic rings. The minimum absolute atomic E-state index is 0.0810. The minimum Gasteiger partial charge on any atom is -0.477 e. The summed E-state index contributed by atoms with van der Waals surface area (Å²) in [5, 5.41) is 19.0. The van der Waals surface area contributed by atoms with Crippen molar-refractivity contribution >= 4 is 17.3 Å². The number of ether oxygens (including phenoxy) is 1. The van der Waals surface area contributed by atoms with Crippen LogP contribution in [0.15, 0.2) is 52.9 Å². The second-order valence-electron chi connectivity index (χ2n) is 4.52. The van der Waals surface area contributed by atoms with Crippen LogP contribution in [-0.4, -0.2) is 15.1 Å². The molecule has 0 saturated carbocycles. The summed E-state index contributed by atoms with van der Waals surface area (Å²) in [7, 11) is 0. The molecule has 0 spiro atoms. The molecule has 116 valence electrons. The fourth-order valence-electron chi connectivity index (χ4n) is 1.90. The van der Waals surface area contributed by atoms with Gasteiger partial charge in [-0.2, -0.15) is 0 Å². The van der Waals surface area contributed by atoms with Crippen LogP contribution in [-0.2, 0) is 6.61 Å².